The van der Waals surface area contributed by atoms with Crippen LogP contribution in [0.1, 0.15) is 0 Å². The number of benzene rings is 4. The Morgan fingerprint density at radius 3 is 0.571 bits per heavy atom. The maximum absolute atomic E-state index is 9.11. The smallest absolute Gasteiger partial charge is 0.174 e. The normalized spacial score (nSPS) is 9.86. The summed E-state index contributed by atoms with van der Waals surface area (Å²) in [6.45, 7) is -1.70. The number of fused-ring (bicyclic) bond motifs is 6. The minimum atomic E-state index is -0.283. The fraction of sp³-hybridized carbons (Fsp3) is 0.200. The van der Waals surface area contributed by atoms with Gasteiger partial charge in [-0.15, -0.1) is 0 Å². The topological polar surface area (TPSA) is 198 Å². The van der Waals surface area contributed by atoms with E-state index in [0.29, 0.717) is 32.3 Å². The van der Waals surface area contributed by atoms with Crippen molar-refractivity contribution in [2.45, 2.75) is 0 Å². The lowest BCUT2D eigenvalue weighted by atomic mass is 9.93. The first kappa shape index (κ1) is 28.4. The number of ether oxygens (including phenoxy) is 6. The monoisotopic (exact) mass is 558 g/mol. The zero-order valence-corrected chi connectivity index (χ0v) is 21.8. The van der Waals surface area contributed by atoms with Gasteiger partial charge in [-0.25, -0.2) is 0 Å². The molecule has 4 rings (SSSR count). The molecule has 4 aromatic carbocycles. The summed E-state index contributed by atoms with van der Waals surface area (Å²) in [4.78, 5) is 0. The SMILES string of the molecule is N#CCOc1cc2c3cc(OCC#N)c(OCC#N)cc3c3cc(OCC#N)c(OCC#N)cc3c2cc1OCC#N. The van der Waals surface area contributed by atoms with Crippen LogP contribution in [-0.4, -0.2) is 39.6 Å². The van der Waals surface area contributed by atoms with Gasteiger partial charge in [-0.05, 0) is 68.7 Å². The van der Waals surface area contributed by atoms with Crippen LogP contribution in [0.5, 0.6) is 34.5 Å². The largest absolute Gasteiger partial charge is 0.475 e. The molecule has 0 saturated carbocycles. The Kier molecular flexibility index (Phi) is 9.10. The Morgan fingerprint density at radius 1 is 0.310 bits per heavy atom. The van der Waals surface area contributed by atoms with Crippen LogP contribution in [0.25, 0.3) is 32.3 Å². The first-order chi connectivity index (χ1) is 20.6. The third-order valence-corrected chi connectivity index (χ3v) is 5.88. The van der Waals surface area contributed by atoms with Crippen LogP contribution in [0.2, 0.25) is 0 Å². The van der Waals surface area contributed by atoms with Crippen molar-refractivity contribution < 1.29 is 28.4 Å². The van der Waals surface area contributed by atoms with Crippen LogP contribution in [-0.2, 0) is 0 Å². The van der Waals surface area contributed by atoms with Crippen molar-refractivity contribution in [3.8, 4) is 70.9 Å². The summed E-state index contributed by atoms with van der Waals surface area (Å²) >= 11 is 0. The van der Waals surface area contributed by atoms with E-state index in [4.69, 9.17) is 60.0 Å². The van der Waals surface area contributed by atoms with Crippen molar-refractivity contribution in [1.82, 2.24) is 0 Å². The first-order valence-corrected chi connectivity index (χ1v) is 12.1. The summed E-state index contributed by atoms with van der Waals surface area (Å²) in [6.07, 6.45) is 0. The quantitative estimate of drug-likeness (QED) is 0.220. The molecule has 12 heteroatoms. The highest BCUT2D eigenvalue weighted by Crippen LogP contribution is 2.47. The van der Waals surface area contributed by atoms with Gasteiger partial charge in [0.15, 0.2) is 74.1 Å². The predicted octanol–water partition coefficient (Wildman–Crippen LogP) is 4.56. The van der Waals surface area contributed by atoms with E-state index >= 15 is 0 Å². The lowest BCUT2D eigenvalue weighted by Crippen LogP contribution is -2.03. The molecule has 0 aromatic heterocycles. The molecular weight excluding hydrogens is 540 g/mol. The number of hydrogen-bond acceptors (Lipinski definition) is 12. The summed E-state index contributed by atoms with van der Waals surface area (Å²) < 4.78 is 33.7. The van der Waals surface area contributed by atoms with Crippen molar-refractivity contribution in [2.24, 2.45) is 0 Å². The molecule has 0 heterocycles. The fourth-order valence-corrected chi connectivity index (χ4v) is 4.35. The van der Waals surface area contributed by atoms with Crippen LogP contribution in [0, 0.1) is 68.0 Å². The lowest BCUT2D eigenvalue weighted by Gasteiger charge is -2.19. The van der Waals surface area contributed by atoms with E-state index in [2.05, 4.69) is 0 Å². The molecule has 0 unspecified atom stereocenters. The van der Waals surface area contributed by atoms with Gasteiger partial charge in [-0.1, -0.05) is 0 Å². The summed E-state index contributed by atoms with van der Waals surface area (Å²) in [5, 5.41) is 58.3. The number of nitriles is 6. The molecule has 0 aliphatic carbocycles. The summed E-state index contributed by atoms with van der Waals surface area (Å²) in [7, 11) is 0. The zero-order chi connectivity index (χ0) is 29.9. The molecule has 0 spiro atoms. The second-order valence-electron chi connectivity index (χ2n) is 8.21. The fourth-order valence-electron chi connectivity index (χ4n) is 4.35. The van der Waals surface area contributed by atoms with Gasteiger partial charge >= 0.3 is 0 Å². The number of nitrogens with zero attached hydrogens (tertiary/aromatic N) is 6. The molecule has 0 radical (unpaired) electrons. The van der Waals surface area contributed by atoms with Crippen LogP contribution in [0.4, 0.5) is 0 Å². The maximum Gasteiger partial charge on any atom is 0.174 e. The van der Waals surface area contributed by atoms with Gasteiger partial charge in [0.1, 0.15) is 36.4 Å². The second-order valence-corrected chi connectivity index (χ2v) is 8.21. The molecule has 0 aliphatic rings. The minimum absolute atomic E-state index is 0.208. The first-order valence-electron chi connectivity index (χ1n) is 12.1. The van der Waals surface area contributed by atoms with Crippen LogP contribution in [0.15, 0.2) is 36.4 Å². The van der Waals surface area contributed by atoms with Gasteiger partial charge in [0.2, 0.25) is 0 Å². The highest BCUT2D eigenvalue weighted by molar-refractivity contribution is 6.26. The van der Waals surface area contributed by atoms with E-state index < -0.39 is 0 Å². The Labute approximate surface area is 239 Å². The molecule has 0 fully saturated rings. The molecule has 0 atom stereocenters. The van der Waals surface area contributed by atoms with Crippen LogP contribution < -0.4 is 28.4 Å². The predicted molar refractivity (Wildman–Crippen MR) is 146 cm³/mol. The molecule has 4 aromatic rings. The highest BCUT2D eigenvalue weighted by atomic mass is 16.5. The Hall–Kier alpha value is -6.60. The van der Waals surface area contributed by atoms with E-state index in [1.165, 1.54) is 0 Å². The molecule has 0 aliphatic heterocycles. The van der Waals surface area contributed by atoms with Crippen molar-refractivity contribution in [3.63, 3.8) is 0 Å². The Bertz CT molecular complexity index is 1540. The second kappa shape index (κ2) is 13.5. The number of rotatable bonds is 12. The van der Waals surface area contributed by atoms with E-state index in [0.717, 1.165) is 0 Å². The standard InChI is InChI=1S/C30H18N6O6/c31-1-7-37-25-13-19-20(14-26(25)38-8-2-32)22-16-28(40-10-4-34)30(42-12-6-36)18-24(22)23-17-29(41-11-5-35)27(15-21(19)23)39-9-3-33/h13-18H,7-12H2. The van der Waals surface area contributed by atoms with E-state index in [-0.39, 0.29) is 74.1 Å². The van der Waals surface area contributed by atoms with Crippen LogP contribution in [0.3, 0.4) is 0 Å². The molecular formula is C30H18N6O6. The average Bonchev–Trinajstić information content (AvgIpc) is 3.01. The molecule has 204 valence electrons. The lowest BCUT2D eigenvalue weighted by molar-refractivity contribution is 0.313. The molecule has 0 N–H and O–H groups in total. The van der Waals surface area contributed by atoms with Gasteiger partial charge in [-0.3, -0.25) is 0 Å². The Balaban J connectivity index is 2.18. The Morgan fingerprint density at radius 2 is 0.452 bits per heavy atom. The molecule has 0 bridgehead atoms. The number of hydrogen-bond donors (Lipinski definition) is 0. The molecule has 0 saturated heterocycles. The summed E-state index contributed by atoms with van der Waals surface area (Å²) in [5.74, 6) is 1.25. The molecule has 12 nitrogen and oxygen atoms in total. The molecule has 0 amide bonds. The average molecular weight is 559 g/mol. The van der Waals surface area contributed by atoms with Crippen molar-refractivity contribution in [2.75, 3.05) is 39.6 Å². The van der Waals surface area contributed by atoms with Gasteiger partial charge in [0.05, 0.1) is 0 Å². The van der Waals surface area contributed by atoms with E-state index in [9.17, 15) is 0 Å². The van der Waals surface area contributed by atoms with Crippen molar-refractivity contribution in [1.29, 1.82) is 31.6 Å². The van der Waals surface area contributed by atoms with E-state index in [1.807, 2.05) is 36.4 Å². The van der Waals surface area contributed by atoms with E-state index in [1.54, 1.807) is 36.4 Å². The van der Waals surface area contributed by atoms with Gasteiger partial charge in [-0.2, -0.15) is 31.6 Å². The third kappa shape index (κ3) is 5.85. The van der Waals surface area contributed by atoms with Gasteiger partial charge in [0.25, 0.3) is 0 Å². The third-order valence-electron chi connectivity index (χ3n) is 5.88. The highest BCUT2D eigenvalue weighted by Gasteiger charge is 2.20. The molecule has 42 heavy (non-hydrogen) atoms. The van der Waals surface area contributed by atoms with Crippen molar-refractivity contribution >= 4 is 32.3 Å². The van der Waals surface area contributed by atoms with Gasteiger partial charge < -0.3 is 28.4 Å². The summed E-state index contributed by atoms with van der Waals surface area (Å²) in [5.41, 5.74) is 0. The zero-order valence-electron chi connectivity index (χ0n) is 21.8. The maximum atomic E-state index is 9.11. The van der Waals surface area contributed by atoms with Crippen molar-refractivity contribution in [3.05, 3.63) is 36.4 Å². The van der Waals surface area contributed by atoms with Gasteiger partial charge in [0, 0.05) is 0 Å². The van der Waals surface area contributed by atoms with Crippen LogP contribution >= 0.6 is 0 Å². The minimum Gasteiger partial charge on any atom is -0.475 e. The summed E-state index contributed by atoms with van der Waals surface area (Å²) in [6, 6.07) is 21.4.